The molecular formula is C46H94O3. The minimum Gasteiger partial charge on any atom is -0.353 e. The van der Waals surface area contributed by atoms with E-state index >= 15 is 0 Å². The molecule has 0 radical (unpaired) electrons. The monoisotopic (exact) mass is 695 g/mol. The summed E-state index contributed by atoms with van der Waals surface area (Å²) in [5, 5.41) is 0. The van der Waals surface area contributed by atoms with Gasteiger partial charge in [-0.1, -0.05) is 196 Å². The third-order valence-corrected chi connectivity index (χ3v) is 11.0. The summed E-state index contributed by atoms with van der Waals surface area (Å²) in [7, 11) is 0. The number of unbranched alkanes of at least 4 members (excludes halogenated alkanes) is 18. The summed E-state index contributed by atoms with van der Waals surface area (Å²) in [5.74, 6) is 3.24. The van der Waals surface area contributed by atoms with Crippen LogP contribution in [0.3, 0.4) is 0 Å². The number of hydrogen-bond donors (Lipinski definition) is 0. The highest BCUT2D eigenvalue weighted by molar-refractivity contribution is 4.64. The lowest BCUT2D eigenvalue weighted by molar-refractivity contribution is -0.247. The van der Waals surface area contributed by atoms with E-state index in [1.165, 1.54) is 180 Å². The highest BCUT2D eigenvalue weighted by Crippen LogP contribution is 2.26. The smallest absolute Gasteiger partial charge is 0.160 e. The molecule has 0 aromatic rings. The summed E-state index contributed by atoms with van der Waals surface area (Å²) >= 11 is 0. The fourth-order valence-electron chi connectivity index (χ4n) is 7.99. The van der Waals surface area contributed by atoms with Gasteiger partial charge in [0.05, 0.1) is 0 Å². The Hall–Kier alpha value is -0.120. The lowest BCUT2D eigenvalue weighted by atomic mass is 9.89. The third-order valence-electron chi connectivity index (χ3n) is 11.0. The van der Waals surface area contributed by atoms with Crippen molar-refractivity contribution in [2.75, 3.05) is 13.2 Å². The maximum absolute atomic E-state index is 6.45. The first-order valence-electron chi connectivity index (χ1n) is 22.7. The van der Waals surface area contributed by atoms with E-state index in [1.807, 2.05) is 0 Å². The minimum atomic E-state index is -0.142. The summed E-state index contributed by atoms with van der Waals surface area (Å²) in [4.78, 5) is 0. The van der Waals surface area contributed by atoms with Crippen molar-refractivity contribution in [1.82, 2.24) is 0 Å². The van der Waals surface area contributed by atoms with Gasteiger partial charge in [-0.3, -0.25) is 0 Å². The number of rotatable bonds is 40. The van der Waals surface area contributed by atoms with Crippen LogP contribution in [-0.4, -0.2) is 25.8 Å². The van der Waals surface area contributed by atoms with Gasteiger partial charge >= 0.3 is 0 Å². The van der Waals surface area contributed by atoms with Gasteiger partial charge in [-0.2, -0.15) is 0 Å². The molecule has 0 aromatic heterocycles. The fraction of sp³-hybridized carbons (Fsp3) is 1.00. The maximum atomic E-state index is 6.45. The molecule has 0 spiro atoms. The van der Waals surface area contributed by atoms with Crippen molar-refractivity contribution in [2.45, 2.75) is 261 Å². The zero-order valence-corrected chi connectivity index (χ0v) is 35.3. The van der Waals surface area contributed by atoms with Crippen LogP contribution in [-0.2, 0) is 14.2 Å². The summed E-state index contributed by atoms with van der Waals surface area (Å²) in [6.45, 7) is 20.0. The van der Waals surface area contributed by atoms with Crippen LogP contribution in [0.4, 0.5) is 0 Å². The van der Waals surface area contributed by atoms with E-state index in [-0.39, 0.29) is 12.6 Å². The van der Waals surface area contributed by atoms with Crippen molar-refractivity contribution in [1.29, 1.82) is 0 Å². The molecule has 6 unspecified atom stereocenters. The Labute approximate surface area is 311 Å². The normalized spacial score (nSPS) is 15.7. The van der Waals surface area contributed by atoms with Gasteiger partial charge in [-0.15, -0.1) is 0 Å². The van der Waals surface area contributed by atoms with Gasteiger partial charge in [-0.05, 0) is 76.0 Å². The van der Waals surface area contributed by atoms with Gasteiger partial charge < -0.3 is 14.2 Å². The van der Waals surface area contributed by atoms with Gasteiger partial charge in [0, 0.05) is 13.2 Å². The van der Waals surface area contributed by atoms with Crippen LogP contribution in [0.5, 0.6) is 0 Å². The molecular weight excluding hydrogens is 601 g/mol. The first-order valence-corrected chi connectivity index (χ1v) is 22.7. The molecule has 0 amide bonds. The van der Waals surface area contributed by atoms with Gasteiger partial charge in [0.2, 0.25) is 0 Å². The van der Waals surface area contributed by atoms with Crippen molar-refractivity contribution >= 4 is 0 Å². The molecule has 0 bridgehead atoms. The second-order valence-corrected chi connectivity index (χ2v) is 16.6. The van der Waals surface area contributed by atoms with Crippen molar-refractivity contribution < 1.29 is 14.2 Å². The Morgan fingerprint density at radius 2 is 0.571 bits per heavy atom. The standard InChI is InChI=1S/C46H94O3/c1-9-13-15-17-19-21-23-25-27-29-33-41(5)39-43(7)35-31-37-45(47-11-3)49-46(48-12-4)38-32-36-44(8)40-42(6)34-30-28-26-24-22-20-18-16-14-10-2/h41-46H,9-40H2,1-8H3. The molecule has 0 rings (SSSR count). The molecule has 3 heteroatoms. The Bertz CT molecular complexity index is 571. The Kier molecular flexibility index (Phi) is 37.5. The molecule has 0 aliphatic heterocycles. The average molecular weight is 695 g/mol. The zero-order valence-electron chi connectivity index (χ0n) is 35.3. The second kappa shape index (κ2) is 37.6. The van der Waals surface area contributed by atoms with Crippen LogP contribution < -0.4 is 0 Å². The molecule has 3 nitrogen and oxygen atoms in total. The Morgan fingerprint density at radius 1 is 0.306 bits per heavy atom. The fourth-order valence-corrected chi connectivity index (χ4v) is 7.99. The molecule has 0 saturated heterocycles. The number of ether oxygens (including phenoxy) is 3. The number of hydrogen-bond acceptors (Lipinski definition) is 3. The Balaban J connectivity index is 4.11. The van der Waals surface area contributed by atoms with E-state index in [9.17, 15) is 0 Å². The molecule has 296 valence electrons. The van der Waals surface area contributed by atoms with Crippen LogP contribution in [0.15, 0.2) is 0 Å². The topological polar surface area (TPSA) is 27.7 Å². The molecule has 0 aliphatic carbocycles. The van der Waals surface area contributed by atoms with E-state index in [2.05, 4.69) is 55.4 Å². The average Bonchev–Trinajstić information content (AvgIpc) is 3.06. The van der Waals surface area contributed by atoms with Crippen molar-refractivity contribution in [2.24, 2.45) is 23.7 Å². The van der Waals surface area contributed by atoms with Crippen LogP contribution in [0.2, 0.25) is 0 Å². The molecule has 0 fully saturated rings. The Morgan fingerprint density at radius 3 is 0.857 bits per heavy atom. The molecule has 0 aliphatic rings. The quantitative estimate of drug-likeness (QED) is 0.0472. The van der Waals surface area contributed by atoms with Crippen LogP contribution in [0, 0.1) is 23.7 Å². The van der Waals surface area contributed by atoms with E-state index < -0.39 is 0 Å². The predicted octanol–water partition coefficient (Wildman–Crippen LogP) is 16.0. The molecule has 0 N–H and O–H groups in total. The summed E-state index contributed by atoms with van der Waals surface area (Å²) in [6.07, 6.45) is 40.7. The summed E-state index contributed by atoms with van der Waals surface area (Å²) in [6, 6.07) is 0. The molecule has 0 aromatic carbocycles. The van der Waals surface area contributed by atoms with E-state index in [0.717, 1.165) is 36.5 Å². The first-order chi connectivity index (χ1) is 23.9. The molecule has 0 saturated carbocycles. The lowest BCUT2D eigenvalue weighted by Gasteiger charge is -2.26. The van der Waals surface area contributed by atoms with Gasteiger partial charge in [0.1, 0.15) is 0 Å². The minimum absolute atomic E-state index is 0.142. The van der Waals surface area contributed by atoms with E-state index in [0.29, 0.717) is 13.2 Å². The second-order valence-electron chi connectivity index (χ2n) is 16.6. The van der Waals surface area contributed by atoms with Gasteiger partial charge in [0.25, 0.3) is 0 Å². The largest absolute Gasteiger partial charge is 0.353 e. The van der Waals surface area contributed by atoms with Gasteiger partial charge in [0.15, 0.2) is 12.6 Å². The highest BCUT2D eigenvalue weighted by Gasteiger charge is 2.19. The van der Waals surface area contributed by atoms with Crippen molar-refractivity contribution in [3.05, 3.63) is 0 Å². The summed E-state index contributed by atoms with van der Waals surface area (Å²) < 4.78 is 18.6. The third kappa shape index (κ3) is 34.7. The lowest BCUT2D eigenvalue weighted by Crippen LogP contribution is -2.27. The molecule has 0 heterocycles. The van der Waals surface area contributed by atoms with Crippen molar-refractivity contribution in [3.8, 4) is 0 Å². The zero-order chi connectivity index (χ0) is 36.2. The summed E-state index contributed by atoms with van der Waals surface area (Å²) in [5.41, 5.74) is 0. The van der Waals surface area contributed by atoms with Crippen LogP contribution >= 0.6 is 0 Å². The van der Waals surface area contributed by atoms with E-state index in [4.69, 9.17) is 14.2 Å². The molecule has 6 atom stereocenters. The van der Waals surface area contributed by atoms with Crippen LogP contribution in [0.1, 0.15) is 248 Å². The molecule has 49 heavy (non-hydrogen) atoms. The van der Waals surface area contributed by atoms with Crippen LogP contribution in [0.25, 0.3) is 0 Å². The highest BCUT2D eigenvalue weighted by atomic mass is 16.8. The van der Waals surface area contributed by atoms with Gasteiger partial charge in [-0.25, -0.2) is 0 Å². The van der Waals surface area contributed by atoms with E-state index in [1.54, 1.807) is 0 Å². The predicted molar refractivity (Wildman–Crippen MR) is 218 cm³/mol. The first kappa shape index (κ1) is 48.9. The SMILES string of the molecule is CCCCCCCCCCCCC(C)CC(C)CCCC(OCC)OC(CCCC(C)CC(C)CCCCCCCCCCCC)OCC. The van der Waals surface area contributed by atoms with Crippen molar-refractivity contribution in [3.63, 3.8) is 0 Å². The maximum Gasteiger partial charge on any atom is 0.160 e.